The Morgan fingerprint density at radius 3 is 2.82 bits per heavy atom. The Balaban J connectivity index is 2.05. The second-order valence-electron chi connectivity index (χ2n) is 4.74. The number of nitrogens with one attached hydrogen (secondary N) is 1. The van der Waals surface area contributed by atoms with Gasteiger partial charge in [0.25, 0.3) is 0 Å². The summed E-state index contributed by atoms with van der Waals surface area (Å²) >= 11 is 0. The van der Waals surface area contributed by atoms with E-state index in [2.05, 4.69) is 34.0 Å². The van der Waals surface area contributed by atoms with Crippen LogP contribution in [0.4, 0.5) is 11.8 Å². The van der Waals surface area contributed by atoms with Crippen molar-refractivity contribution in [3.63, 3.8) is 0 Å². The van der Waals surface area contributed by atoms with Crippen LogP contribution in [0.5, 0.6) is 0 Å². The van der Waals surface area contributed by atoms with Crippen molar-refractivity contribution in [2.75, 3.05) is 23.3 Å². The van der Waals surface area contributed by atoms with Crippen LogP contribution in [-0.4, -0.2) is 29.1 Å². The number of hydrogen-bond acceptors (Lipinski definition) is 4. The Bertz CT molecular complexity index is 347. The minimum atomic E-state index is 0.423. The van der Waals surface area contributed by atoms with Crippen molar-refractivity contribution in [3.8, 4) is 0 Å². The molecule has 1 aliphatic heterocycles. The SMILES string of the molecule is CCC(C)Nc1nccc(N2CCCCC2)n1. The quantitative estimate of drug-likeness (QED) is 0.869. The molecule has 0 radical (unpaired) electrons. The van der Waals surface area contributed by atoms with Crippen LogP contribution in [0.2, 0.25) is 0 Å². The van der Waals surface area contributed by atoms with E-state index in [-0.39, 0.29) is 0 Å². The summed E-state index contributed by atoms with van der Waals surface area (Å²) in [5.41, 5.74) is 0. The Hall–Kier alpha value is -1.32. The first-order valence-electron chi connectivity index (χ1n) is 6.64. The van der Waals surface area contributed by atoms with Crippen LogP contribution in [-0.2, 0) is 0 Å². The Kier molecular flexibility index (Phi) is 4.18. The summed E-state index contributed by atoms with van der Waals surface area (Å²) in [6.07, 6.45) is 6.83. The van der Waals surface area contributed by atoms with E-state index in [1.165, 1.54) is 19.3 Å². The number of rotatable bonds is 4. The van der Waals surface area contributed by atoms with Crippen LogP contribution in [0.25, 0.3) is 0 Å². The van der Waals surface area contributed by atoms with E-state index in [4.69, 9.17) is 0 Å². The maximum Gasteiger partial charge on any atom is 0.224 e. The zero-order chi connectivity index (χ0) is 12.1. The molecule has 4 nitrogen and oxygen atoms in total. The van der Waals surface area contributed by atoms with Crippen molar-refractivity contribution in [1.29, 1.82) is 0 Å². The van der Waals surface area contributed by atoms with Crippen LogP contribution in [0.15, 0.2) is 12.3 Å². The average molecular weight is 234 g/mol. The van der Waals surface area contributed by atoms with Gasteiger partial charge in [-0.3, -0.25) is 0 Å². The summed E-state index contributed by atoms with van der Waals surface area (Å²) < 4.78 is 0. The third-order valence-corrected chi connectivity index (χ3v) is 3.31. The van der Waals surface area contributed by atoms with Gasteiger partial charge in [0.15, 0.2) is 0 Å². The van der Waals surface area contributed by atoms with Gasteiger partial charge in [-0.15, -0.1) is 0 Å². The molecule has 17 heavy (non-hydrogen) atoms. The molecule has 1 unspecified atom stereocenters. The fourth-order valence-electron chi connectivity index (χ4n) is 2.04. The Morgan fingerprint density at radius 2 is 2.12 bits per heavy atom. The predicted molar refractivity (Wildman–Crippen MR) is 71.5 cm³/mol. The molecule has 0 spiro atoms. The molecule has 2 rings (SSSR count). The van der Waals surface area contributed by atoms with Gasteiger partial charge in [0, 0.05) is 25.3 Å². The normalized spacial score (nSPS) is 17.9. The highest BCUT2D eigenvalue weighted by Crippen LogP contribution is 2.18. The first kappa shape index (κ1) is 12.1. The van der Waals surface area contributed by atoms with E-state index in [0.29, 0.717) is 6.04 Å². The first-order chi connectivity index (χ1) is 8.29. The molecule has 0 bridgehead atoms. The lowest BCUT2D eigenvalue weighted by molar-refractivity contribution is 0.573. The molecular formula is C13H22N4. The van der Waals surface area contributed by atoms with Gasteiger partial charge < -0.3 is 10.2 Å². The molecule has 1 saturated heterocycles. The van der Waals surface area contributed by atoms with Crippen molar-refractivity contribution in [3.05, 3.63) is 12.3 Å². The van der Waals surface area contributed by atoms with Gasteiger partial charge >= 0.3 is 0 Å². The molecule has 4 heteroatoms. The van der Waals surface area contributed by atoms with Gasteiger partial charge in [-0.25, -0.2) is 4.98 Å². The van der Waals surface area contributed by atoms with Crippen LogP contribution in [0.3, 0.4) is 0 Å². The lowest BCUT2D eigenvalue weighted by Gasteiger charge is -2.27. The summed E-state index contributed by atoms with van der Waals surface area (Å²) in [4.78, 5) is 11.2. The van der Waals surface area contributed by atoms with Crippen molar-refractivity contribution in [1.82, 2.24) is 9.97 Å². The van der Waals surface area contributed by atoms with Crippen molar-refractivity contribution >= 4 is 11.8 Å². The lowest BCUT2D eigenvalue weighted by Crippen LogP contribution is -2.30. The fraction of sp³-hybridized carbons (Fsp3) is 0.692. The third-order valence-electron chi connectivity index (χ3n) is 3.31. The van der Waals surface area contributed by atoms with E-state index >= 15 is 0 Å². The minimum absolute atomic E-state index is 0.423. The van der Waals surface area contributed by atoms with Crippen LogP contribution >= 0.6 is 0 Å². The smallest absolute Gasteiger partial charge is 0.224 e. The van der Waals surface area contributed by atoms with Crippen LogP contribution < -0.4 is 10.2 Å². The van der Waals surface area contributed by atoms with Crippen molar-refractivity contribution in [2.45, 2.75) is 45.6 Å². The molecule has 1 fully saturated rings. The van der Waals surface area contributed by atoms with Gasteiger partial charge in [-0.2, -0.15) is 4.98 Å². The lowest BCUT2D eigenvalue weighted by atomic mass is 10.1. The van der Waals surface area contributed by atoms with E-state index in [1.807, 2.05) is 12.3 Å². The van der Waals surface area contributed by atoms with Crippen LogP contribution in [0.1, 0.15) is 39.5 Å². The minimum Gasteiger partial charge on any atom is -0.356 e. The standard InChI is InChI=1S/C13H22N4/c1-3-11(2)15-13-14-8-7-12(16-13)17-9-5-4-6-10-17/h7-8,11H,3-6,9-10H2,1-2H3,(H,14,15,16). The van der Waals surface area contributed by atoms with Crippen molar-refractivity contribution in [2.24, 2.45) is 0 Å². The maximum atomic E-state index is 4.59. The monoisotopic (exact) mass is 234 g/mol. The highest BCUT2D eigenvalue weighted by atomic mass is 15.2. The number of hydrogen-bond donors (Lipinski definition) is 1. The molecule has 1 aliphatic rings. The van der Waals surface area contributed by atoms with Gasteiger partial charge in [0.2, 0.25) is 5.95 Å². The number of aromatic nitrogens is 2. The summed E-state index contributed by atoms with van der Waals surface area (Å²) in [6, 6.07) is 2.43. The fourth-order valence-corrected chi connectivity index (χ4v) is 2.04. The second-order valence-corrected chi connectivity index (χ2v) is 4.74. The van der Waals surface area contributed by atoms with E-state index < -0.39 is 0 Å². The van der Waals surface area contributed by atoms with E-state index in [0.717, 1.165) is 31.3 Å². The van der Waals surface area contributed by atoms with E-state index in [9.17, 15) is 0 Å². The van der Waals surface area contributed by atoms with Crippen molar-refractivity contribution < 1.29 is 0 Å². The maximum absolute atomic E-state index is 4.59. The highest BCUT2D eigenvalue weighted by Gasteiger charge is 2.12. The zero-order valence-electron chi connectivity index (χ0n) is 10.8. The second kappa shape index (κ2) is 5.84. The molecule has 0 amide bonds. The molecule has 1 aromatic rings. The summed E-state index contributed by atoms with van der Waals surface area (Å²) in [5.74, 6) is 1.81. The number of nitrogens with zero attached hydrogens (tertiary/aromatic N) is 3. The Morgan fingerprint density at radius 1 is 1.35 bits per heavy atom. The third kappa shape index (κ3) is 3.32. The molecule has 1 aromatic heterocycles. The Labute approximate surface area is 103 Å². The topological polar surface area (TPSA) is 41.1 Å². The van der Waals surface area contributed by atoms with Gasteiger partial charge in [-0.05, 0) is 38.7 Å². The average Bonchev–Trinajstić information content (AvgIpc) is 2.40. The van der Waals surface area contributed by atoms with Gasteiger partial charge in [0.1, 0.15) is 5.82 Å². The number of piperidine rings is 1. The molecule has 2 heterocycles. The summed E-state index contributed by atoms with van der Waals surface area (Å²) in [7, 11) is 0. The molecule has 1 atom stereocenters. The summed E-state index contributed by atoms with van der Waals surface area (Å²) in [6.45, 7) is 6.56. The largest absolute Gasteiger partial charge is 0.356 e. The molecule has 0 aliphatic carbocycles. The van der Waals surface area contributed by atoms with Gasteiger partial charge in [0.05, 0.1) is 0 Å². The molecular weight excluding hydrogens is 212 g/mol. The molecule has 0 saturated carbocycles. The number of anilines is 2. The predicted octanol–water partition coefficient (Wildman–Crippen LogP) is 2.68. The highest BCUT2D eigenvalue weighted by molar-refractivity contribution is 5.42. The molecule has 1 N–H and O–H groups in total. The zero-order valence-corrected chi connectivity index (χ0v) is 10.8. The van der Waals surface area contributed by atoms with Gasteiger partial charge in [-0.1, -0.05) is 6.92 Å². The summed E-state index contributed by atoms with van der Waals surface area (Å²) in [5, 5.41) is 3.32. The molecule has 94 valence electrons. The van der Waals surface area contributed by atoms with Crippen LogP contribution in [0, 0.1) is 0 Å². The van der Waals surface area contributed by atoms with E-state index in [1.54, 1.807) is 0 Å². The first-order valence-corrected chi connectivity index (χ1v) is 6.64. The molecule has 0 aromatic carbocycles.